The van der Waals surface area contributed by atoms with Crippen molar-refractivity contribution in [1.29, 1.82) is 0 Å². The smallest absolute Gasteiger partial charge is 0.277 e. The van der Waals surface area contributed by atoms with Crippen LogP contribution in [-0.2, 0) is 0 Å². The molecule has 0 saturated heterocycles. The van der Waals surface area contributed by atoms with Crippen LogP contribution < -0.4 is 10.6 Å². The second kappa shape index (κ2) is 6.62. The summed E-state index contributed by atoms with van der Waals surface area (Å²) in [7, 11) is 1.72. The van der Waals surface area contributed by atoms with Crippen LogP contribution >= 0.6 is 15.9 Å². The summed E-state index contributed by atoms with van der Waals surface area (Å²) < 4.78 is 0.711. The van der Waals surface area contributed by atoms with E-state index in [1.54, 1.807) is 31.6 Å². The van der Waals surface area contributed by atoms with Gasteiger partial charge in [-0.1, -0.05) is 13.8 Å². The molecule has 0 aliphatic carbocycles. The molecule has 21 heavy (non-hydrogen) atoms. The first-order valence-corrected chi connectivity index (χ1v) is 7.28. The van der Waals surface area contributed by atoms with Gasteiger partial charge in [-0.05, 0) is 28.1 Å². The van der Waals surface area contributed by atoms with E-state index in [1.807, 2.05) is 13.8 Å². The lowest BCUT2D eigenvalue weighted by atomic mass is 10.2. The number of rotatable bonds is 4. The molecule has 0 bridgehead atoms. The molecular formula is C14H16BrN5O. The predicted molar refractivity (Wildman–Crippen MR) is 85.6 cm³/mol. The molecule has 6 nitrogen and oxygen atoms in total. The van der Waals surface area contributed by atoms with Crippen LogP contribution in [0.5, 0.6) is 0 Å². The minimum atomic E-state index is -0.331. The fourth-order valence-corrected chi connectivity index (χ4v) is 2.03. The van der Waals surface area contributed by atoms with Crippen molar-refractivity contribution in [2.24, 2.45) is 0 Å². The molecule has 0 unspecified atom stereocenters. The van der Waals surface area contributed by atoms with Gasteiger partial charge >= 0.3 is 0 Å². The number of nitrogens with zero attached hydrogens (tertiary/aromatic N) is 3. The molecule has 2 N–H and O–H groups in total. The van der Waals surface area contributed by atoms with Crippen LogP contribution in [0.1, 0.15) is 36.1 Å². The zero-order chi connectivity index (χ0) is 15.4. The Morgan fingerprint density at radius 1 is 1.33 bits per heavy atom. The quantitative estimate of drug-likeness (QED) is 0.886. The van der Waals surface area contributed by atoms with Gasteiger partial charge in [0.2, 0.25) is 0 Å². The summed E-state index contributed by atoms with van der Waals surface area (Å²) in [6.07, 6.45) is 3.23. The number of amides is 1. The van der Waals surface area contributed by atoms with Crippen molar-refractivity contribution in [3.8, 4) is 0 Å². The monoisotopic (exact) mass is 349 g/mol. The summed E-state index contributed by atoms with van der Waals surface area (Å²) in [6.45, 7) is 3.96. The third kappa shape index (κ3) is 3.55. The molecule has 2 rings (SSSR count). The van der Waals surface area contributed by atoms with Gasteiger partial charge in [0.1, 0.15) is 11.6 Å². The van der Waals surface area contributed by atoms with E-state index in [4.69, 9.17) is 0 Å². The average molecular weight is 350 g/mol. The van der Waals surface area contributed by atoms with E-state index in [1.165, 1.54) is 0 Å². The van der Waals surface area contributed by atoms with Crippen LogP contribution in [0.2, 0.25) is 0 Å². The Morgan fingerprint density at radius 3 is 2.71 bits per heavy atom. The van der Waals surface area contributed by atoms with Crippen molar-refractivity contribution in [3.05, 3.63) is 40.5 Å². The minimum Gasteiger partial charge on any atom is -0.385 e. The van der Waals surface area contributed by atoms with E-state index in [-0.39, 0.29) is 11.8 Å². The molecule has 0 spiro atoms. The lowest BCUT2D eigenvalue weighted by Crippen LogP contribution is -2.18. The van der Waals surface area contributed by atoms with Gasteiger partial charge in [-0.3, -0.25) is 4.79 Å². The molecule has 1 amide bonds. The van der Waals surface area contributed by atoms with Gasteiger partial charge in [0.05, 0.1) is 16.4 Å². The van der Waals surface area contributed by atoms with E-state index in [0.717, 1.165) is 0 Å². The first-order chi connectivity index (χ1) is 10.0. The molecule has 110 valence electrons. The van der Waals surface area contributed by atoms with Gasteiger partial charge in [0.25, 0.3) is 5.91 Å². The molecule has 0 saturated carbocycles. The highest BCUT2D eigenvalue weighted by Gasteiger charge is 2.17. The zero-order valence-corrected chi connectivity index (χ0v) is 13.6. The molecule has 2 aromatic heterocycles. The molecule has 7 heteroatoms. The fraction of sp³-hybridized carbons (Fsp3) is 0.286. The lowest BCUT2D eigenvalue weighted by Gasteiger charge is -2.11. The summed E-state index contributed by atoms with van der Waals surface area (Å²) in [4.78, 5) is 25.1. The van der Waals surface area contributed by atoms with Crippen LogP contribution in [0.4, 0.5) is 11.5 Å². The molecule has 0 atom stereocenters. The SMILES string of the molecule is CNc1cnc(C(C)C)nc1C(=O)Nc1ncccc1Br. The molecule has 0 aromatic carbocycles. The Bertz CT molecular complexity index is 660. The average Bonchev–Trinajstić information content (AvgIpc) is 2.48. The molecule has 0 aliphatic rings. The highest BCUT2D eigenvalue weighted by atomic mass is 79.9. The van der Waals surface area contributed by atoms with Gasteiger partial charge in [-0.25, -0.2) is 15.0 Å². The third-order valence-electron chi connectivity index (χ3n) is 2.80. The maximum atomic E-state index is 12.4. The maximum absolute atomic E-state index is 12.4. The van der Waals surface area contributed by atoms with Gasteiger partial charge < -0.3 is 10.6 Å². The topological polar surface area (TPSA) is 79.8 Å². The highest BCUT2D eigenvalue weighted by Crippen LogP contribution is 2.21. The van der Waals surface area contributed by atoms with E-state index in [9.17, 15) is 4.79 Å². The Kier molecular flexibility index (Phi) is 4.85. The summed E-state index contributed by atoms with van der Waals surface area (Å²) in [5.74, 6) is 0.889. The number of nitrogens with one attached hydrogen (secondary N) is 2. The number of hydrogen-bond acceptors (Lipinski definition) is 5. The molecule has 0 fully saturated rings. The van der Waals surface area contributed by atoms with Crippen molar-refractivity contribution in [2.75, 3.05) is 17.7 Å². The van der Waals surface area contributed by atoms with Gasteiger partial charge in [-0.2, -0.15) is 0 Å². The fourth-order valence-electron chi connectivity index (χ4n) is 1.67. The Morgan fingerprint density at radius 2 is 2.10 bits per heavy atom. The van der Waals surface area contributed by atoms with Crippen molar-refractivity contribution >= 4 is 33.3 Å². The van der Waals surface area contributed by atoms with E-state index < -0.39 is 0 Å². The van der Waals surface area contributed by atoms with Gasteiger partial charge in [-0.15, -0.1) is 0 Å². The largest absolute Gasteiger partial charge is 0.385 e. The number of carbonyl (C=O) groups excluding carboxylic acids is 1. The minimum absolute atomic E-state index is 0.143. The number of aromatic nitrogens is 3. The number of halogens is 1. The Hall–Kier alpha value is -2.02. The highest BCUT2D eigenvalue weighted by molar-refractivity contribution is 9.10. The first-order valence-electron chi connectivity index (χ1n) is 6.49. The molecule has 2 heterocycles. The van der Waals surface area contributed by atoms with Gasteiger partial charge in [0, 0.05) is 19.2 Å². The second-order valence-electron chi connectivity index (χ2n) is 4.68. The van der Waals surface area contributed by atoms with Crippen molar-refractivity contribution < 1.29 is 4.79 Å². The summed E-state index contributed by atoms with van der Waals surface area (Å²) in [5, 5.41) is 5.67. The number of carbonyl (C=O) groups is 1. The number of hydrogen-bond donors (Lipinski definition) is 2. The summed E-state index contributed by atoms with van der Waals surface area (Å²) >= 11 is 3.35. The van der Waals surface area contributed by atoms with Crippen LogP contribution in [0.3, 0.4) is 0 Å². The number of anilines is 2. The zero-order valence-electron chi connectivity index (χ0n) is 12.0. The lowest BCUT2D eigenvalue weighted by molar-refractivity contribution is 0.102. The molecule has 2 aromatic rings. The van der Waals surface area contributed by atoms with Crippen LogP contribution in [0.25, 0.3) is 0 Å². The van der Waals surface area contributed by atoms with Crippen molar-refractivity contribution in [3.63, 3.8) is 0 Å². The Balaban J connectivity index is 2.34. The summed E-state index contributed by atoms with van der Waals surface area (Å²) in [6, 6.07) is 3.58. The van der Waals surface area contributed by atoms with Crippen LogP contribution in [-0.4, -0.2) is 27.9 Å². The van der Waals surface area contributed by atoms with E-state index in [2.05, 4.69) is 41.5 Å². The van der Waals surface area contributed by atoms with E-state index in [0.29, 0.717) is 27.5 Å². The summed E-state index contributed by atoms with van der Waals surface area (Å²) in [5.41, 5.74) is 0.873. The van der Waals surface area contributed by atoms with E-state index >= 15 is 0 Å². The molecule has 0 radical (unpaired) electrons. The maximum Gasteiger partial charge on any atom is 0.277 e. The molecule has 0 aliphatic heterocycles. The van der Waals surface area contributed by atoms with Crippen molar-refractivity contribution in [2.45, 2.75) is 19.8 Å². The predicted octanol–water partition coefficient (Wildman–Crippen LogP) is 3.05. The Labute approximate surface area is 131 Å². The molecular weight excluding hydrogens is 334 g/mol. The van der Waals surface area contributed by atoms with Crippen LogP contribution in [0, 0.1) is 0 Å². The standard InChI is InChI=1S/C14H16BrN5O/c1-8(2)12-18-7-10(16-3)11(19-12)14(21)20-13-9(15)5-4-6-17-13/h4-8,16H,1-3H3,(H,17,20,21). The third-order valence-corrected chi connectivity index (χ3v) is 3.44. The normalized spacial score (nSPS) is 10.5. The van der Waals surface area contributed by atoms with Crippen molar-refractivity contribution in [1.82, 2.24) is 15.0 Å². The van der Waals surface area contributed by atoms with Crippen LogP contribution in [0.15, 0.2) is 29.0 Å². The second-order valence-corrected chi connectivity index (χ2v) is 5.54. The number of pyridine rings is 1. The first kappa shape index (κ1) is 15.4. The van der Waals surface area contributed by atoms with Gasteiger partial charge in [0.15, 0.2) is 5.69 Å².